The molecule has 63 heavy (non-hydrogen) atoms. The van der Waals surface area contributed by atoms with Crippen LogP contribution in [-0.2, 0) is 5.41 Å². The van der Waals surface area contributed by atoms with E-state index < -0.39 is 5.41 Å². The number of benzene rings is 9. The molecule has 1 atom stereocenters. The molecule has 0 amide bonds. The van der Waals surface area contributed by atoms with Crippen LogP contribution < -0.4 is 15.0 Å². The summed E-state index contributed by atoms with van der Waals surface area (Å²) >= 11 is 0. The molecule has 6 heteroatoms. The summed E-state index contributed by atoms with van der Waals surface area (Å²) in [5, 5.41) is 3.32. The molecule has 0 bridgehead atoms. The maximum absolute atomic E-state index is 14.8. The number of nitrogens with one attached hydrogen (secondary N) is 1. The highest BCUT2D eigenvalue weighted by Gasteiger charge is 2.46. The third kappa shape index (κ3) is 7.42. The van der Waals surface area contributed by atoms with Gasteiger partial charge >= 0.3 is 0 Å². The van der Waals surface area contributed by atoms with E-state index in [2.05, 4.69) is 89.6 Å². The summed E-state index contributed by atoms with van der Waals surface area (Å²) in [6.45, 7) is 3.85. The van der Waals surface area contributed by atoms with Crippen molar-refractivity contribution in [1.82, 2.24) is 0 Å². The van der Waals surface area contributed by atoms with Crippen molar-refractivity contribution in [3.8, 4) is 33.8 Å². The lowest BCUT2D eigenvalue weighted by atomic mass is 9.67. The van der Waals surface area contributed by atoms with E-state index in [0.717, 1.165) is 78.5 Å². The number of fused-ring (bicyclic) bond motifs is 3. The molecular formula is C57H39F3N2O. The van der Waals surface area contributed by atoms with Crippen molar-refractivity contribution in [2.75, 3.05) is 10.2 Å². The van der Waals surface area contributed by atoms with Crippen molar-refractivity contribution in [1.29, 1.82) is 0 Å². The first-order valence-corrected chi connectivity index (χ1v) is 20.7. The number of nitrogens with zero attached hydrogens (tertiary/aromatic N) is 1. The van der Waals surface area contributed by atoms with Gasteiger partial charge in [-0.1, -0.05) is 104 Å². The molecule has 0 aliphatic heterocycles. The van der Waals surface area contributed by atoms with Crippen LogP contribution in [0, 0.1) is 17.5 Å². The molecule has 0 spiro atoms. The van der Waals surface area contributed by atoms with Gasteiger partial charge in [0.15, 0.2) is 0 Å². The fraction of sp³-hybridized carbons (Fsp3) is 0.0175. The van der Waals surface area contributed by atoms with E-state index in [9.17, 15) is 13.2 Å². The Morgan fingerprint density at radius 1 is 0.444 bits per heavy atom. The van der Waals surface area contributed by atoms with Gasteiger partial charge < -0.3 is 15.0 Å². The molecule has 1 N–H and O–H groups in total. The number of halogens is 3. The molecule has 0 radical (unpaired) electrons. The van der Waals surface area contributed by atoms with E-state index in [4.69, 9.17) is 4.74 Å². The lowest BCUT2D eigenvalue weighted by Gasteiger charge is -2.35. The first-order valence-electron chi connectivity index (χ1n) is 20.7. The summed E-state index contributed by atoms with van der Waals surface area (Å²) < 4.78 is 49.0. The SMILES string of the molecule is C=Cc1ccc(Oc2ccc(C3(c4ccc(F)cc4)c4ccccc4-c4ccc(N(c5ccc(F)cc5)c5ccc(-c6ccc(Nc7ccc(F)cc7)cc6)cc5)cc43)cc2)cc1. The van der Waals surface area contributed by atoms with Gasteiger partial charge in [0, 0.05) is 28.4 Å². The second-order valence-electron chi connectivity index (χ2n) is 15.5. The summed E-state index contributed by atoms with van der Waals surface area (Å²) in [7, 11) is 0. The summed E-state index contributed by atoms with van der Waals surface area (Å²) in [5.41, 5.74) is 12.6. The lowest BCUT2D eigenvalue weighted by Crippen LogP contribution is -2.28. The molecule has 10 rings (SSSR count). The average Bonchev–Trinajstić information content (AvgIpc) is 3.62. The molecule has 0 fully saturated rings. The predicted octanol–water partition coefficient (Wildman–Crippen LogP) is 15.8. The van der Waals surface area contributed by atoms with Gasteiger partial charge in [-0.2, -0.15) is 0 Å². The molecule has 9 aromatic carbocycles. The van der Waals surface area contributed by atoms with Crippen LogP contribution in [0.4, 0.5) is 41.6 Å². The van der Waals surface area contributed by atoms with Crippen LogP contribution in [0.5, 0.6) is 11.5 Å². The standard InChI is InChI=1S/C57H39F3N2O/c1-2-38-7-32-51(33-8-38)63-52-34-15-42(16-35-52)57(41-13-17-43(58)18-14-41)55-6-4-3-5-53(55)54-36-31-50(37-56(54)57)62(49-29-21-45(60)22-30-49)48-27-11-40(12-28-48)39-9-23-46(24-10-39)61-47-25-19-44(59)20-26-47/h2-37,61H,1H2. The number of ether oxygens (including phenoxy) is 1. The zero-order valence-corrected chi connectivity index (χ0v) is 34.0. The second-order valence-corrected chi connectivity index (χ2v) is 15.5. The fourth-order valence-electron chi connectivity index (χ4n) is 8.76. The van der Waals surface area contributed by atoms with E-state index >= 15 is 0 Å². The Bertz CT molecular complexity index is 3060. The van der Waals surface area contributed by atoms with Crippen LogP contribution in [0.25, 0.3) is 28.3 Å². The van der Waals surface area contributed by atoms with Crippen LogP contribution in [0.2, 0.25) is 0 Å². The van der Waals surface area contributed by atoms with Crippen molar-refractivity contribution in [3.05, 3.63) is 264 Å². The highest BCUT2D eigenvalue weighted by molar-refractivity contribution is 5.89. The lowest BCUT2D eigenvalue weighted by molar-refractivity contribution is 0.482. The largest absolute Gasteiger partial charge is 0.457 e. The fourth-order valence-corrected chi connectivity index (χ4v) is 8.76. The molecule has 0 heterocycles. The molecule has 9 aromatic rings. The van der Waals surface area contributed by atoms with Crippen molar-refractivity contribution < 1.29 is 17.9 Å². The summed E-state index contributed by atoms with van der Waals surface area (Å²) in [6, 6.07) is 66.8. The molecule has 304 valence electrons. The Hall–Kier alpha value is -8.09. The third-order valence-electron chi connectivity index (χ3n) is 11.8. The Labute approximate surface area is 364 Å². The van der Waals surface area contributed by atoms with Gasteiger partial charge in [0.25, 0.3) is 0 Å². The highest BCUT2D eigenvalue weighted by Crippen LogP contribution is 2.57. The molecule has 1 aliphatic carbocycles. The number of rotatable bonds is 11. The van der Waals surface area contributed by atoms with Crippen LogP contribution in [0.1, 0.15) is 27.8 Å². The van der Waals surface area contributed by atoms with Gasteiger partial charge in [-0.15, -0.1) is 0 Å². The van der Waals surface area contributed by atoms with Gasteiger partial charge in [-0.3, -0.25) is 0 Å². The zero-order chi connectivity index (χ0) is 42.9. The minimum atomic E-state index is -0.837. The normalized spacial score (nSPS) is 13.8. The van der Waals surface area contributed by atoms with Gasteiger partial charge in [-0.05, 0) is 171 Å². The highest BCUT2D eigenvalue weighted by atomic mass is 19.1. The number of hydrogen-bond donors (Lipinski definition) is 1. The second kappa shape index (κ2) is 16.4. The molecule has 0 aromatic heterocycles. The molecule has 1 unspecified atom stereocenters. The van der Waals surface area contributed by atoms with Gasteiger partial charge in [0.05, 0.1) is 5.41 Å². The van der Waals surface area contributed by atoms with Crippen molar-refractivity contribution in [2.45, 2.75) is 5.41 Å². The predicted molar refractivity (Wildman–Crippen MR) is 250 cm³/mol. The number of anilines is 5. The van der Waals surface area contributed by atoms with Crippen LogP contribution >= 0.6 is 0 Å². The van der Waals surface area contributed by atoms with Crippen molar-refractivity contribution in [3.63, 3.8) is 0 Å². The van der Waals surface area contributed by atoms with Crippen molar-refractivity contribution >= 4 is 34.5 Å². The minimum Gasteiger partial charge on any atom is -0.457 e. The van der Waals surface area contributed by atoms with Crippen molar-refractivity contribution in [2.24, 2.45) is 0 Å². The quantitative estimate of drug-likeness (QED) is 0.141. The molecule has 0 saturated heterocycles. The zero-order valence-electron chi connectivity index (χ0n) is 34.0. The number of hydrogen-bond acceptors (Lipinski definition) is 3. The maximum atomic E-state index is 14.8. The average molecular weight is 825 g/mol. The Balaban J connectivity index is 1.06. The monoisotopic (exact) mass is 824 g/mol. The summed E-state index contributed by atoms with van der Waals surface area (Å²) in [6.07, 6.45) is 1.80. The first kappa shape index (κ1) is 39.1. The van der Waals surface area contributed by atoms with Gasteiger partial charge in [0.2, 0.25) is 0 Å². The van der Waals surface area contributed by atoms with E-state index in [-0.39, 0.29) is 17.5 Å². The Morgan fingerprint density at radius 3 is 1.48 bits per heavy atom. The summed E-state index contributed by atoms with van der Waals surface area (Å²) in [5.74, 6) is 0.474. The van der Waals surface area contributed by atoms with Gasteiger partial charge in [-0.25, -0.2) is 13.2 Å². The van der Waals surface area contributed by atoms with Gasteiger partial charge in [0.1, 0.15) is 29.0 Å². The molecular weight excluding hydrogens is 786 g/mol. The Kier molecular flexibility index (Phi) is 10.2. The summed E-state index contributed by atoms with van der Waals surface area (Å²) in [4.78, 5) is 2.13. The van der Waals surface area contributed by atoms with E-state index in [1.54, 1.807) is 30.3 Å². The third-order valence-corrected chi connectivity index (χ3v) is 11.8. The van der Waals surface area contributed by atoms with E-state index in [1.807, 2.05) is 78.9 Å². The molecule has 0 saturated carbocycles. The van der Waals surface area contributed by atoms with E-state index in [1.165, 1.54) is 36.4 Å². The Morgan fingerprint density at radius 2 is 0.889 bits per heavy atom. The minimum absolute atomic E-state index is 0.281. The smallest absolute Gasteiger partial charge is 0.127 e. The molecule has 1 aliphatic rings. The van der Waals surface area contributed by atoms with Crippen LogP contribution in [0.3, 0.4) is 0 Å². The molecule has 3 nitrogen and oxygen atoms in total. The first-order chi connectivity index (χ1) is 30.8. The topological polar surface area (TPSA) is 24.5 Å². The van der Waals surface area contributed by atoms with Crippen LogP contribution in [0.15, 0.2) is 219 Å². The van der Waals surface area contributed by atoms with E-state index in [0.29, 0.717) is 11.5 Å². The van der Waals surface area contributed by atoms with Crippen LogP contribution in [-0.4, -0.2) is 0 Å². The maximum Gasteiger partial charge on any atom is 0.127 e.